The zero-order valence-electron chi connectivity index (χ0n) is 51.0. The van der Waals surface area contributed by atoms with Gasteiger partial charge in [0, 0.05) is 96.4 Å². The van der Waals surface area contributed by atoms with Gasteiger partial charge in [-0.05, 0) is 65.6 Å². The molecule has 0 saturated carbocycles. The van der Waals surface area contributed by atoms with E-state index < -0.39 is 58.9 Å². The summed E-state index contributed by atoms with van der Waals surface area (Å²) in [5, 5.41) is 14.5. The van der Waals surface area contributed by atoms with E-state index in [0.717, 1.165) is 12.0 Å². The van der Waals surface area contributed by atoms with E-state index in [-0.39, 0.29) is 76.5 Å². The first kappa shape index (κ1) is 66.4. The lowest BCUT2D eigenvalue weighted by molar-refractivity contribution is -0.159. The fraction of sp³-hybridized carbons (Fsp3) is 0.688. The number of carbonyl (C=O) groups is 2. The Balaban J connectivity index is 1.57. The van der Waals surface area contributed by atoms with Gasteiger partial charge in [-0.1, -0.05) is 174 Å². The second-order valence-electron chi connectivity index (χ2n) is 25.4. The van der Waals surface area contributed by atoms with Crippen molar-refractivity contribution in [3.05, 3.63) is 96.6 Å². The normalized spacial score (nSPS) is 28.4. The highest BCUT2D eigenvalue weighted by molar-refractivity contribution is 6.99. The van der Waals surface area contributed by atoms with Crippen molar-refractivity contribution in [3.63, 3.8) is 0 Å². The second-order valence-corrected chi connectivity index (χ2v) is 34.5. The molecule has 15 atom stereocenters. The molecule has 434 valence electrons. The zero-order valence-corrected chi connectivity index (χ0v) is 53.0. The number of aliphatic hydroxyl groups is 1. The number of fused-ring (bicyclic) bond motifs is 2. The Morgan fingerprint density at radius 1 is 0.753 bits per heavy atom. The minimum Gasteiger partial charge on any atom is -0.458 e. The number of cyclic esters (lactones) is 1. The molecule has 0 aliphatic carbocycles. The number of allylic oxidation sites excluding steroid dienone is 2. The Labute approximate surface area is 468 Å². The van der Waals surface area contributed by atoms with Crippen LogP contribution in [0.4, 0.5) is 0 Å². The van der Waals surface area contributed by atoms with Gasteiger partial charge in [0.2, 0.25) is 0 Å². The van der Waals surface area contributed by atoms with Gasteiger partial charge in [-0.2, -0.15) is 0 Å². The Morgan fingerprint density at radius 2 is 1.31 bits per heavy atom. The van der Waals surface area contributed by atoms with Gasteiger partial charge in [-0.25, -0.2) is 4.79 Å². The Kier molecular flexibility index (Phi) is 26.0. The predicted octanol–water partition coefficient (Wildman–Crippen LogP) is 12.2. The molecule has 0 spiro atoms. The van der Waals surface area contributed by atoms with Gasteiger partial charge < -0.3 is 42.4 Å². The van der Waals surface area contributed by atoms with Crippen molar-refractivity contribution in [2.45, 2.75) is 213 Å². The standard InChI is InChI=1S/C64H104O11Si2/c1-43-33-36-52(75-76(18,19)63(8,9)10)39-50-27-26-28-51(73-50)40-56(68-14)47(5)57(69-15)41-58(70-16)48(6)62(74-59(66)38-34-43)49(7)60(67)44(2)35-37-55(65)46(4)61(71-17)45(3)42-72-77(64(11,12)13,53-29-22-20-23-30-53)54-31-24-21-25-32-54/h20-27,29-34,38,44-52,56-58,60-62,67H,28,35-37,39-42H2,1-19H3/b38-34+,43-33+/t44-,45+,46-,47-,48-,49-,50-,51-,52?,56-,57-,58+,60-,61+,62-/m0/s1. The van der Waals surface area contributed by atoms with Gasteiger partial charge in [-0.15, -0.1) is 0 Å². The van der Waals surface area contributed by atoms with Crippen molar-refractivity contribution in [1.82, 2.24) is 0 Å². The van der Waals surface area contributed by atoms with Crippen LogP contribution in [-0.2, 0) is 46.9 Å². The van der Waals surface area contributed by atoms with Crippen molar-refractivity contribution in [1.29, 1.82) is 0 Å². The number of aliphatic hydroxyl groups excluding tert-OH is 1. The predicted molar refractivity (Wildman–Crippen MR) is 318 cm³/mol. The molecule has 1 N–H and O–H groups in total. The fourth-order valence-electron chi connectivity index (χ4n) is 11.7. The summed E-state index contributed by atoms with van der Waals surface area (Å²) in [6, 6.07) is 21.2. The fourth-order valence-corrected chi connectivity index (χ4v) is 17.8. The number of Topliss-reactive ketones (excluding diaryl/α,β-unsaturated/α-hetero) is 1. The van der Waals surface area contributed by atoms with Gasteiger partial charge in [0.1, 0.15) is 11.9 Å². The number of hydrogen-bond acceptors (Lipinski definition) is 11. The summed E-state index contributed by atoms with van der Waals surface area (Å²) < 4.78 is 52.4. The van der Waals surface area contributed by atoms with Crippen molar-refractivity contribution >= 4 is 38.8 Å². The average Bonchev–Trinajstić information content (AvgIpc) is 3.40. The van der Waals surface area contributed by atoms with Gasteiger partial charge in [0.25, 0.3) is 8.32 Å². The highest BCUT2D eigenvalue weighted by atomic mass is 28.4. The highest BCUT2D eigenvalue weighted by Crippen LogP contribution is 2.40. The third kappa shape index (κ3) is 18.0. The van der Waals surface area contributed by atoms with Crippen molar-refractivity contribution in [3.8, 4) is 0 Å². The third-order valence-corrected chi connectivity index (χ3v) is 27.3. The molecule has 2 aromatic carbocycles. The Hall–Kier alpha value is -3.09. The molecule has 13 heteroatoms. The van der Waals surface area contributed by atoms with Crippen molar-refractivity contribution in [2.75, 3.05) is 35.0 Å². The second kappa shape index (κ2) is 30.1. The molecule has 2 aliphatic rings. The van der Waals surface area contributed by atoms with E-state index in [9.17, 15) is 14.7 Å². The molecule has 0 aromatic heterocycles. The maximum atomic E-state index is 14.2. The number of esters is 1. The number of ether oxygens (including phenoxy) is 6. The van der Waals surface area contributed by atoms with Crippen LogP contribution < -0.4 is 10.4 Å². The molecule has 2 aromatic rings. The summed E-state index contributed by atoms with van der Waals surface area (Å²) >= 11 is 0. The van der Waals surface area contributed by atoms with Crippen LogP contribution in [0.15, 0.2) is 96.6 Å². The van der Waals surface area contributed by atoms with Crippen molar-refractivity contribution < 1.29 is 52.0 Å². The molecule has 11 nitrogen and oxygen atoms in total. The maximum Gasteiger partial charge on any atom is 0.331 e. The smallest absolute Gasteiger partial charge is 0.331 e. The van der Waals surface area contributed by atoms with Crippen LogP contribution in [0.1, 0.15) is 135 Å². The maximum absolute atomic E-state index is 14.2. The lowest BCUT2D eigenvalue weighted by atomic mass is 9.78. The first-order chi connectivity index (χ1) is 36.2. The molecule has 0 amide bonds. The van der Waals surface area contributed by atoms with Crippen LogP contribution in [0.25, 0.3) is 0 Å². The Morgan fingerprint density at radius 3 is 1.84 bits per heavy atom. The highest BCUT2D eigenvalue weighted by Gasteiger charge is 2.51. The lowest BCUT2D eigenvalue weighted by Gasteiger charge is -2.44. The molecular weight excluding hydrogens is 1000 g/mol. The molecule has 77 heavy (non-hydrogen) atoms. The number of methoxy groups -OCH3 is 4. The molecule has 2 bridgehead atoms. The van der Waals surface area contributed by atoms with Crippen LogP contribution in [0.3, 0.4) is 0 Å². The average molecular weight is 1110 g/mol. The first-order valence-corrected chi connectivity index (χ1v) is 33.6. The molecule has 0 saturated heterocycles. The molecule has 1 unspecified atom stereocenters. The van der Waals surface area contributed by atoms with Crippen LogP contribution in [0, 0.1) is 35.5 Å². The zero-order chi connectivity index (χ0) is 57.5. The molecule has 4 rings (SSSR count). The minimum absolute atomic E-state index is 0.0236. The number of ketones is 1. The first-order valence-electron chi connectivity index (χ1n) is 28.8. The molecule has 2 heterocycles. The molecule has 2 aliphatic heterocycles. The Bertz CT molecular complexity index is 2130. The minimum atomic E-state index is -2.82. The van der Waals surface area contributed by atoms with Crippen LogP contribution in [0.2, 0.25) is 23.2 Å². The van der Waals surface area contributed by atoms with Crippen LogP contribution >= 0.6 is 0 Å². The van der Waals surface area contributed by atoms with Gasteiger partial charge in [0.15, 0.2) is 8.32 Å². The molecule has 0 radical (unpaired) electrons. The summed E-state index contributed by atoms with van der Waals surface area (Å²) in [6.45, 7) is 32.7. The third-order valence-electron chi connectivity index (χ3n) is 17.8. The number of benzene rings is 2. The molecular formula is C64H104O11Si2. The summed E-state index contributed by atoms with van der Waals surface area (Å²) in [5.41, 5.74) is 0.912. The monoisotopic (exact) mass is 1100 g/mol. The van der Waals surface area contributed by atoms with Crippen molar-refractivity contribution in [2.24, 2.45) is 35.5 Å². The summed E-state index contributed by atoms with van der Waals surface area (Å²) in [7, 11) is 1.85. The summed E-state index contributed by atoms with van der Waals surface area (Å²) in [6.07, 6.45) is 10.7. The van der Waals surface area contributed by atoms with Gasteiger partial charge >= 0.3 is 5.97 Å². The van der Waals surface area contributed by atoms with Gasteiger partial charge in [0.05, 0.1) is 48.8 Å². The number of hydrogen-bond donors (Lipinski definition) is 1. The van der Waals surface area contributed by atoms with Crippen LogP contribution in [-0.4, -0.2) is 123 Å². The van der Waals surface area contributed by atoms with Crippen LogP contribution in [0.5, 0.6) is 0 Å². The number of rotatable bonds is 20. The summed E-state index contributed by atoms with van der Waals surface area (Å²) in [5.74, 6) is -2.20. The largest absolute Gasteiger partial charge is 0.458 e. The van der Waals surface area contributed by atoms with E-state index in [1.807, 2.05) is 46.8 Å². The topological polar surface area (TPSA) is 128 Å². The SMILES string of the molecule is CO[C@H]([C@H](C)CO[Si](c1ccccc1)(c1ccccc1)C(C)(C)C)[C@@H](C)C(=O)CC[C@H](C)[C@H](O)[C@H](C)[C@H]1OC(=O)/C=C/C(C)=C/CC(O[Si](C)(C)C(C)(C)C)C[C@@H]2C=CC[C@@H](C[C@H](OC)[C@H](C)[C@@H](OC)C[C@@H](OC)[C@@H]1C)O2. The number of carbonyl (C=O) groups excluding carboxylic acids is 2. The molecule has 0 fully saturated rings. The van der Waals surface area contributed by atoms with Gasteiger partial charge in [-0.3, -0.25) is 4.79 Å². The lowest BCUT2D eigenvalue weighted by Crippen LogP contribution is -2.67. The van der Waals surface area contributed by atoms with E-state index in [0.29, 0.717) is 38.7 Å². The van der Waals surface area contributed by atoms with E-state index >= 15 is 0 Å². The van der Waals surface area contributed by atoms with E-state index in [1.165, 1.54) is 16.4 Å². The quantitative estimate of drug-likeness (QED) is 0.0773. The van der Waals surface area contributed by atoms with E-state index in [1.54, 1.807) is 34.5 Å². The summed E-state index contributed by atoms with van der Waals surface area (Å²) in [4.78, 5) is 28.2. The van der Waals surface area contributed by atoms with E-state index in [2.05, 4.69) is 135 Å². The van der Waals surface area contributed by atoms with E-state index in [4.69, 9.17) is 37.3 Å².